The molecule has 0 unspecified atom stereocenters. The molecule has 0 aliphatic carbocycles. The molecule has 2 aromatic rings. The Balaban J connectivity index is 1.56. The van der Waals surface area contributed by atoms with E-state index in [4.69, 9.17) is 14.2 Å². The number of para-hydroxylation sites is 1. The number of methoxy groups -OCH3 is 1. The number of carbonyl (C=O) groups is 2. The minimum atomic E-state index is -0.430. The second-order valence-corrected chi connectivity index (χ2v) is 8.76. The summed E-state index contributed by atoms with van der Waals surface area (Å²) in [5, 5.41) is 5.56. The molecular formula is C26H27N3O5S. The van der Waals surface area contributed by atoms with Crippen molar-refractivity contribution in [3.63, 3.8) is 0 Å². The van der Waals surface area contributed by atoms with Crippen molar-refractivity contribution in [3.05, 3.63) is 76.5 Å². The van der Waals surface area contributed by atoms with Gasteiger partial charge in [0.05, 0.1) is 31.0 Å². The van der Waals surface area contributed by atoms with Crippen molar-refractivity contribution in [2.75, 3.05) is 25.6 Å². The van der Waals surface area contributed by atoms with Crippen LogP contribution in [0.4, 0.5) is 5.69 Å². The summed E-state index contributed by atoms with van der Waals surface area (Å²) in [6, 6.07) is 12.5. The summed E-state index contributed by atoms with van der Waals surface area (Å²) in [5.41, 5.74) is 3.59. The zero-order chi connectivity index (χ0) is 24.9. The molecule has 4 rings (SSSR count). The van der Waals surface area contributed by atoms with Crippen LogP contribution in [0.2, 0.25) is 0 Å². The van der Waals surface area contributed by atoms with E-state index < -0.39 is 12.0 Å². The number of ether oxygens (including phenoxy) is 3. The number of amides is 1. The Labute approximate surface area is 208 Å². The second kappa shape index (κ2) is 10.7. The molecule has 1 atom stereocenters. The molecule has 0 saturated heterocycles. The number of anilines is 1. The molecule has 2 aliphatic rings. The molecule has 2 aliphatic heterocycles. The van der Waals surface area contributed by atoms with Crippen molar-refractivity contribution < 1.29 is 23.8 Å². The fraction of sp³-hybridized carbons (Fsp3) is 0.269. The first-order valence-corrected chi connectivity index (χ1v) is 12.0. The number of carbonyl (C=O) groups excluding carboxylic acids is 2. The number of allylic oxidation sites excluding steroid dienone is 1. The summed E-state index contributed by atoms with van der Waals surface area (Å²) in [5.74, 6) is 0.189. The molecule has 2 aromatic carbocycles. The van der Waals surface area contributed by atoms with Crippen LogP contribution in [-0.2, 0) is 14.3 Å². The molecular weight excluding hydrogens is 466 g/mol. The van der Waals surface area contributed by atoms with Gasteiger partial charge in [0.2, 0.25) is 0 Å². The molecule has 1 amide bonds. The number of thioether (sulfide) groups is 1. The molecule has 2 heterocycles. The van der Waals surface area contributed by atoms with E-state index in [9.17, 15) is 9.59 Å². The van der Waals surface area contributed by atoms with Crippen LogP contribution in [0.5, 0.6) is 11.5 Å². The fourth-order valence-electron chi connectivity index (χ4n) is 3.91. The number of rotatable bonds is 8. The van der Waals surface area contributed by atoms with E-state index in [0.29, 0.717) is 22.8 Å². The van der Waals surface area contributed by atoms with Gasteiger partial charge in [-0.2, -0.15) is 0 Å². The van der Waals surface area contributed by atoms with Crippen molar-refractivity contribution in [2.24, 2.45) is 4.99 Å². The predicted molar refractivity (Wildman–Crippen MR) is 136 cm³/mol. The largest absolute Gasteiger partial charge is 0.493 e. The summed E-state index contributed by atoms with van der Waals surface area (Å²) in [7, 11) is 1.53. The highest BCUT2D eigenvalue weighted by Gasteiger charge is 2.37. The molecule has 0 radical (unpaired) electrons. The normalized spacial score (nSPS) is 16.5. The first-order valence-electron chi connectivity index (χ1n) is 11.2. The van der Waals surface area contributed by atoms with Gasteiger partial charge in [-0.25, -0.2) is 9.79 Å². The molecule has 0 saturated carbocycles. The van der Waals surface area contributed by atoms with Crippen molar-refractivity contribution in [1.82, 2.24) is 4.90 Å². The SMILES string of the molecule is CCOC(=O)C1=C(C)N=C2SC=CN2[C@@H]1c1ccc(OCC(=O)Nc2ccccc2C)c(OC)c1. The van der Waals surface area contributed by atoms with Crippen molar-refractivity contribution in [3.8, 4) is 11.5 Å². The van der Waals surface area contributed by atoms with Crippen LogP contribution in [0.3, 0.4) is 0 Å². The number of nitrogens with zero attached hydrogens (tertiary/aromatic N) is 2. The number of benzene rings is 2. The van der Waals surface area contributed by atoms with Gasteiger partial charge in [-0.3, -0.25) is 4.79 Å². The maximum Gasteiger partial charge on any atom is 0.338 e. The van der Waals surface area contributed by atoms with Crippen molar-refractivity contribution in [1.29, 1.82) is 0 Å². The highest BCUT2D eigenvalue weighted by molar-refractivity contribution is 8.16. The average molecular weight is 494 g/mol. The quantitative estimate of drug-likeness (QED) is 0.529. The number of hydrogen-bond donors (Lipinski definition) is 1. The lowest BCUT2D eigenvalue weighted by Crippen LogP contribution is -2.34. The zero-order valence-corrected chi connectivity index (χ0v) is 20.8. The van der Waals surface area contributed by atoms with Gasteiger partial charge in [0.15, 0.2) is 23.3 Å². The van der Waals surface area contributed by atoms with E-state index in [2.05, 4.69) is 10.3 Å². The highest BCUT2D eigenvalue weighted by Crippen LogP contribution is 2.43. The third kappa shape index (κ3) is 5.19. The number of nitrogens with one attached hydrogen (secondary N) is 1. The Morgan fingerprint density at radius 2 is 1.94 bits per heavy atom. The molecule has 182 valence electrons. The topological polar surface area (TPSA) is 89.5 Å². The highest BCUT2D eigenvalue weighted by atomic mass is 32.2. The molecule has 0 spiro atoms. The van der Waals surface area contributed by atoms with E-state index in [-0.39, 0.29) is 19.1 Å². The Morgan fingerprint density at radius 3 is 2.69 bits per heavy atom. The fourth-order valence-corrected chi connectivity index (χ4v) is 4.71. The van der Waals surface area contributed by atoms with Gasteiger partial charge in [0.1, 0.15) is 0 Å². The lowest BCUT2D eigenvalue weighted by molar-refractivity contribution is -0.139. The standard InChI is InChI=1S/C26H27N3O5S/c1-5-33-25(31)23-17(3)27-26-29(12-13-35-26)24(23)18-10-11-20(21(14-18)32-4)34-15-22(30)28-19-9-7-6-8-16(19)2/h6-14,24H,5,15H2,1-4H3,(H,28,30)/t24-/m1/s1. The van der Waals surface area contributed by atoms with Crippen LogP contribution < -0.4 is 14.8 Å². The number of amidine groups is 1. The third-order valence-corrected chi connectivity index (χ3v) is 6.37. The van der Waals surface area contributed by atoms with Gasteiger partial charge >= 0.3 is 5.97 Å². The number of fused-ring (bicyclic) bond motifs is 1. The van der Waals surface area contributed by atoms with E-state index in [1.165, 1.54) is 18.9 Å². The maximum absolute atomic E-state index is 12.8. The van der Waals surface area contributed by atoms with Gasteiger partial charge in [0.25, 0.3) is 5.91 Å². The lowest BCUT2D eigenvalue weighted by atomic mass is 9.94. The van der Waals surface area contributed by atoms with Crippen LogP contribution in [0.25, 0.3) is 0 Å². The van der Waals surface area contributed by atoms with Crippen LogP contribution in [0.1, 0.15) is 31.0 Å². The summed E-state index contributed by atoms with van der Waals surface area (Å²) in [6.45, 7) is 5.60. The molecule has 0 bridgehead atoms. The van der Waals surface area contributed by atoms with Gasteiger partial charge in [-0.15, -0.1) is 0 Å². The number of aliphatic imine (C=N–C) groups is 1. The minimum absolute atomic E-state index is 0.178. The van der Waals surface area contributed by atoms with Crippen LogP contribution >= 0.6 is 11.8 Å². The molecule has 35 heavy (non-hydrogen) atoms. The summed E-state index contributed by atoms with van der Waals surface area (Å²) in [4.78, 5) is 31.8. The van der Waals surface area contributed by atoms with E-state index >= 15 is 0 Å². The van der Waals surface area contributed by atoms with Gasteiger partial charge < -0.3 is 24.4 Å². The van der Waals surface area contributed by atoms with E-state index in [1.54, 1.807) is 13.0 Å². The number of hydrogen-bond acceptors (Lipinski definition) is 8. The number of esters is 1. The zero-order valence-electron chi connectivity index (χ0n) is 20.0. The number of aryl methyl sites for hydroxylation is 1. The second-order valence-electron chi connectivity index (χ2n) is 7.89. The van der Waals surface area contributed by atoms with E-state index in [0.717, 1.165) is 22.0 Å². The summed E-state index contributed by atoms with van der Waals surface area (Å²) >= 11 is 1.49. The van der Waals surface area contributed by atoms with Gasteiger partial charge in [-0.05, 0) is 55.5 Å². The summed E-state index contributed by atoms with van der Waals surface area (Å²) in [6.07, 6.45) is 1.90. The molecule has 0 aromatic heterocycles. The Kier molecular flexibility index (Phi) is 7.45. The first kappa shape index (κ1) is 24.4. The van der Waals surface area contributed by atoms with Gasteiger partial charge in [0, 0.05) is 11.9 Å². The Morgan fingerprint density at radius 1 is 1.14 bits per heavy atom. The Hall–Kier alpha value is -3.72. The Bertz CT molecular complexity index is 1240. The van der Waals surface area contributed by atoms with Crippen LogP contribution in [0, 0.1) is 6.92 Å². The van der Waals surface area contributed by atoms with Crippen LogP contribution in [-0.4, -0.2) is 42.3 Å². The summed E-state index contributed by atoms with van der Waals surface area (Å²) < 4.78 is 16.7. The van der Waals surface area contributed by atoms with E-state index in [1.807, 2.05) is 66.8 Å². The smallest absolute Gasteiger partial charge is 0.338 e. The van der Waals surface area contributed by atoms with Crippen LogP contribution in [0.15, 0.2) is 70.3 Å². The van der Waals surface area contributed by atoms with Gasteiger partial charge in [-0.1, -0.05) is 36.0 Å². The third-order valence-electron chi connectivity index (χ3n) is 5.60. The molecule has 0 fully saturated rings. The van der Waals surface area contributed by atoms with Crippen molar-refractivity contribution >= 4 is 34.5 Å². The minimum Gasteiger partial charge on any atom is -0.493 e. The monoisotopic (exact) mass is 493 g/mol. The maximum atomic E-state index is 12.8. The first-order chi connectivity index (χ1) is 16.9. The average Bonchev–Trinajstić information content (AvgIpc) is 3.31. The van der Waals surface area contributed by atoms with Crippen molar-refractivity contribution in [2.45, 2.75) is 26.8 Å². The predicted octanol–water partition coefficient (Wildman–Crippen LogP) is 4.79. The molecule has 8 nitrogen and oxygen atoms in total. The lowest BCUT2D eigenvalue weighted by Gasteiger charge is -2.33. The molecule has 1 N–H and O–H groups in total. The molecule has 9 heteroatoms.